The average Bonchev–Trinajstić information content (AvgIpc) is 2.83. The van der Waals surface area contributed by atoms with E-state index in [0.717, 1.165) is 5.92 Å². The summed E-state index contributed by atoms with van der Waals surface area (Å²) < 4.78 is 1.40. The van der Waals surface area contributed by atoms with Gasteiger partial charge in [-0.15, -0.1) is 11.3 Å². The van der Waals surface area contributed by atoms with Crippen LogP contribution in [0.1, 0.15) is 49.9 Å². The van der Waals surface area contributed by atoms with E-state index in [0.29, 0.717) is 4.83 Å². The molecule has 0 amide bonds. The highest BCUT2D eigenvalue weighted by Crippen LogP contribution is 2.41. The normalized spacial score (nSPS) is 14.8. The second kappa shape index (κ2) is 6.72. The van der Waals surface area contributed by atoms with Gasteiger partial charge in [0.2, 0.25) is 0 Å². The minimum atomic E-state index is 0.505. The lowest BCUT2D eigenvalue weighted by atomic mass is 9.92. The molecule has 2 aromatic rings. The zero-order valence-electron chi connectivity index (χ0n) is 11.2. The van der Waals surface area contributed by atoms with Crippen LogP contribution < -0.4 is 0 Å². The molecule has 0 saturated heterocycles. The van der Waals surface area contributed by atoms with Gasteiger partial charge in [0.15, 0.2) is 0 Å². The summed E-state index contributed by atoms with van der Waals surface area (Å²) in [4.78, 5) is 0.505. The third-order valence-corrected chi connectivity index (χ3v) is 5.90. The van der Waals surface area contributed by atoms with E-state index in [9.17, 15) is 0 Å². The Hall–Kier alpha value is -0.340. The molecule has 2 rings (SSSR count). The number of halogens is 1. The molecule has 2 heteroatoms. The number of hydrogen-bond acceptors (Lipinski definition) is 1. The van der Waals surface area contributed by atoms with Crippen molar-refractivity contribution in [2.24, 2.45) is 5.92 Å². The molecule has 0 N–H and O–H groups in total. The van der Waals surface area contributed by atoms with Crippen LogP contribution in [-0.4, -0.2) is 0 Å². The van der Waals surface area contributed by atoms with Crippen LogP contribution in [0.25, 0.3) is 10.1 Å². The highest BCUT2D eigenvalue weighted by Gasteiger charge is 2.21. The van der Waals surface area contributed by atoms with Crippen molar-refractivity contribution < 1.29 is 0 Å². The maximum Gasteiger partial charge on any atom is 0.0437 e. The van der Waals surface area contributed by atoms with Gasteiger partial charge in [0.1, 0.15) is 0 Å². The molecule has 1 heterocycles. The van der Waals surface area contributed by atoms with Gasteiger partial charge in [-0.1, -0.05) is 67.2 Å². The van der Waals surface area contributed by atoms with E-state index >= 15 is 0 Å². The zero-order valence-corrected chi connectivity index (χ0v) is 13.6. The first-order chi connectivity index (χ1) is 8.77. The van der Waals surface area contributed by atoms with E-state index in [1.807, 2.05) is 11.3 Å². The van der Waals surface area contributed by atoms with Crippen LogP contribution in [0.3, 0.4) is 0 Å². The fraction of sp³-hybridized carbons (Fsp3) is 0.500. The Labute approximate surface area is 123 Å². The van der Waals surface area contributed by atoms with E-state index in [2.05, 4.69) is 59.4 Å². The van der Waals surface area contributed by atoms with Crippen molar-refractivity contribution in [3.63, 3.8) is 0 Å². The van der Waals surface area contributed by atoms with Gasteiger partial charge < -0.3 is 0 Å². The summed E-state index contributed by atoms with van der Waals surface area (Å²) in [6, 6.07) is 8.74. The van der Waals surface area contributed by atoms with Crippen LogP contribution in [0, 0.1) is 5.92 Å². The standard InChI is InChI=1S/C16H21BrS/c1-3-5-8-12(4-2)16(17)14-11-18-15-10-7-6-9-13(14)15/h6-7,9-12,16H,3-5,8H2,1-2H3. The van der Waals surface area contributed by atoms with E-state index in [1.165, 1.54) is 41.3 Å². The molecule has 0 radical (unpaired) electrons. The molecular formula is C16H21BrS. The number of alkyl halides is 1. The summed E-state index contributed by atoms with van der Waals surface area (Å²) in [5, 5.41) is 3.76. The summed E-state index contributed by atoms with van der Waals surface area (Å²) in [5.74, 6) is 0.753. The molecule has 0 fully saturated rings. The summed E-state index contributed by atoms with van der Waals surface area (Å²) in [6.07, 6.45) is 5.20. The Morgan fingerprint density at radius 1 is 1.22 bits per heavy atom. The lowest BCUT2D eigenvalue weighted by Gasteiger charge is -2.21. The zero-order chi connectivity index (χ0) is 13.0. The number of hydrogen-bond donors (Lipinski definition) is 0. The van der Waals surface area contributed by atoms with Crippen molar-refractivity contribution in [3.05, 3.63) is 35.2 Å². The first kappa shape index (κ1) is 14.1. The maximum atomic E-state index is 3.95. The predicted octanol–water partition coefficient (Wildman–Crippen LogP) is 6.55. The molecule has 1 aromatic heterocycles. The molecule has 0 bridgehead atoms. The number of unbranched alkanes of at least 4 members (excludes halogenated alkanes) is 1. The topological polar surface area (TPSA) is 0 Å². The molecule has 18 heavy (non-hydrogen) atoms. The molecular weight excluding hydrogens is 304 g/mol. The van der Waals surface area contributed by atoms with Gasteiger partial charge in [-0.05, 0) is 34.7 Å². The minimum Gasteiger partial charge on any atom is -0.143 e. The van der Waals surface area contributed by atoms with Crippen LogP contribution in [0.4, 0.5) is 0 Å². The third-order valence-electron chi connectivity index (χ3n) is 3.67. The van der Waals surface area contributed by atoms with Gasteiger partial charge in [-0.25, -0.2) is 0 Å². The molecule has 0 nitrogen and oxygen atoms in total. The van der Waals surface area contributed by atoms with E-state index in [1.54, 1.807) is 0 Å². The number of thiophene rings is 1. The van der Waals surface area contributed by atoms with E-state index < -0.39 is 0 Å². The SMILES string of the molecule is CCCCC(CC)C(Br)c1csc2ccccc12. The van der Waals surface area contributed by atoms with Crippen LogP contribution in [0.5, 0.6) is 0 Å². The fourth-order valence-corrected chi connectivity index (χ4v) is 4.68. The second-order valence-electron chi connectivity index (χ2n) is 4.90. The average molecular weight is 325 g/mol. The number of benzene rings is 1. The first-order valence-electron chi connectivity index (χ1n) is 6.88. The van der Waals surface area contributed by atoms with Crippen LogP contribution in [0.2, 0.25) is 0 Å². The second-order valence-corrected chi connectivity index (χ2v) is 6.80. The van der Waals surface area contributed by atoms with E-state index in [4.69, 9.17) is 0 Å². The Bertz CT molecular complexity index is 489. The highest BCUT2D eigenvalue weighted by atomic mass is 79.9. The third kappa shape index (κ3) is 2.97. The molecule has 0 aliphatic heterocycles. The highest BCUT2D eigenvalue weighted by molar-refractivity contribution is 9.09. The summed E-state index contributed by atoms with van der Waals surface area (Å²) in [6.45, 7) is 4.58. The van der Waals surface area contributed by atoms with Crippen molar-refractivity contribution >= 4 is 37.4 Å². The van der Waals surface area contributed by atoms with Crippen molar-refractivity contribution in [3.8, 4) is 0 Å². The summed E-state index contributed by atoms with van der Waals surface area (Å²) in [5.41, 5.74) is 1.48. The monoisotopic (exact) mass is 324 g/mol. The summed E-state index contributed by atoms with van der Waals surface area (Å²) >= 11 is 5.81. The molecule has 0 aliphatic carbocycles. The number of fused-ring (bicyclic) bond motifs is 1. The smallest absolute Gasteiger partial charge is 0.0437 e. The van der Waals surface area contributed by atoms with Crippen molar-refractivity contribution in [1.29, 1.82) is 0 Å². The Kier molecular flexibility index (Phi) is 5.25. The number of rotatable bonds is 6. The minimum absolute atomic E-state index is 0.505. The molecule has 0 spiro atoms. The first-order valence-corrected chi connectivity index (χ1v) is 8.67. The van der Waals surface area contributed by atoms with Crippen molar-refractivity contribution in [2.75, 3.05) is 0 Å². The van der Waals surface area contributed by atoms with Gasteiger partial charge in [0.05, 0.1) is 0 Å². The van der Waals surface area contributed by atoms with Crippen LogP contribution in [-0.2, 0) is 0 Å². The van der Waals surface area contributed by atoms with Crippen LogP contribution in [0.15, 0.2) is 29.6 Å². The molecule has 0 aliphatic rings. The summed E-state index contributed by atoms with van der Waals surface area (Å²) in [7, 11) is 0. The molecule has 2 unspecified atom stereocenters. The Morgan fingerprint density at radius 3 is 2.72 bits per heavy atom. The van der Waals surface area contributed by atoms with Crippen molar-refractivity contribution in [2.45, 2.75) is 44.4 Å². The van der Waals surface area contributed by atoms with Gasteiger partial charge in [0.25, 0.3) is 0 Å². The lowest BCUT2D eigenvalue weighted by Crippen LogP contribution is -2.06. The van der Waals surface area contributed by atoms with Crippen molar-refractivity contribution in [1.82, 2.24) is 0 Å². The molecule has 0 saturated carbocycles. The molecule has 1 aromatic carbocycles. The van der Waals surface area contributed by atoms with Gasteiger partial charge in [0, 0.05) is 9.53 Å². The Balaban J connectivity index is 2.23. The Morgan fingerprint density at radius 2 is 2.00 bits per heavy atom. The molecule has 98 valence electrons. The van der Waals surface area contributed by atoms with Gasteiger partial charge >= 0.3 is 0 Å². The molecule has 2 atom stereocenters. The lowest BCUT2D eigenvalue weighted by molar-refractivity contribution is 0.447. The fourth-order valence-electron chi connectivity index (χ4n) is 2.49. The largest absolute Gasteiger partial charge is 0.143 e. The predicted molar refractivity (Wildman–Crippen MR) is 86.8 cm³/mol. The maximum absolute atomic E-state index is 3.95. The quantitative estimate of drug-likeness (QED) is 0.528. The van der Waals surface area contributed by atoms with Gasteiger partial charge in [-0.3, -0.25) is 0 Å². The van der Waals surface area contributed by atoms with E-state index in [-0.39, 0.29) is 0 Å². The van der Waals surface area contributed by atoms with Gasteiger partial charge in [-0.2, -0.15) is 0 Å². The van der Waals surface area contributed by atoms with Crippen LogP contribution >= 0.6 is 27.3 Å².